The summed E-state index contributed by atoms with van der Waals surface area (Å²) in [4.78, 5) is 28.0. The molecule has 1 aliphatic rings. The normalized spacial score (nSPS) is 17.8. The largest absolute Gasteiger partial charge is 0.480 e. The molecule has 1 aliphatic heterocycles. The maximum Gasteiger partial charge on any atom is 0.410 e. The highest BCUT2D eigenvalue weighted by atomic mass is 79.9. The molecule has 128 valence electrons. The number of amides is 1. The fourth-order valence-electron chi connectivity index (χ4n) is 2.42. The van der Waals surface area contributed by atoms with E-state index in [1.807, 2.05) is 37.8 Å². The Morgan fingerprint density at radius 3 is 2.30 bits per heavy atom. The summed E-state index contributed by atoms with van der Waals surface area (Å²) in [5.41, 5.74) is -0.527. The Hall–Kier alpha value is -1.12. The number of carbonyl (C=O) groups excluding carboxylic acids is 1. The van der Waals surface area contributed by atoms with Crippen molar-refractivity contribution in [3.05, 3.63) is 20.8 Å². The van der Waals surface area contributed by atoms with Gasteiger partial charge in [0.15, 0.2) is 0 Å². The van der Waals surface area contributed by atoms with Gasteiger partial charge in [-0.25, -0.2) is 4.79 Å². The minimum atomic E-state index is -0.870. The number of nitrogens with zero attached hydrogens (tertiary/aromatic N) is 2. The summed E-state index contributed by atoms with van der Waals surface area (Å²) in [7, 11) is 0. The molecule has 23 heavy (non-hydrogen) atoms. The van der Waals surface area contributed by atoms with Gasteiger partial charge in [-0.1, -0.05) is 0 Å². The average Bonchev–Trinajstić information content (AvgIpc) is 2.83. The lowest BCUT2D eigenvalue weighted by Crippen LogP contribution is -2.51. The van der Waals surface area contributed by atoms with E-state index in [0.717, 1.165) is 8.66 Å². The number of piperazine rings is 1. The Kier molecular flexibility index (Phi) is 5.70. The highest BCUT2D eigenvalue weighted by Crippen LogP contribution is 2.31. The second kappa shape index (κ2) is 7.19. The van der Waals surface area contributed by atoms with Gasteiger partial charge in [-0.05, 0) is 48.8 Å². The first-order valence-electron chi connectivity index (χ1n) is 7.37. The van der Waals surface area contributed by atoms with Gasteiger partial charge in [0.2, 0.25) is 0 Å². The number of hydrogen-bond acceptors (Lipinski definition) is 5. The van der Waals surface area contributed by atoms with Gasteiger partial charge in [0.25, 0.3) is 0 Å². The molecule has 0 spiro atoms. The molecule has 1 fully saturated rings. The molecule has 0 aromatic carbocycles. The Morgan fingerprint density at radius 2 is 1.87 bits per heavy atom. The number of carboxylic acids is 1. The number of rotatable bonds is 3. The summed E-state index contributed by atoms with van der Waals surface area (Å²) in [6.45, 7) is 7.43. The molecule has 1 aromatic rings. The first-order valence-corrected chi connectivity index (χ1v) is 8.98. The zero-order valence-corrected chi connectivity index (χ0v) is 15.8. The van der Waals surface area contributed by atoms with Gasteiger partial charge in [-0.3, -0.25) is 9.69 Å². The predicted octanol–water partition coefficient (Wildman–Crippen LogP) is 3.19. The maximum absolute atomic E-state index is 12.1. The molecule has 0 unspecified atom stereocenters. The van der Waals surface area contributed by atoms with Gasteiger partial charge >= 0.3 is 12.1 Å². The van der Waals surface area contributed by atoms with Gasteiger partial charge in [0, 0.05) is 31.1 Å². The van der Waals surface area contributed by atoms with Gasteiger partial charge in [0.1, 0.15) is 11.6 Å². The number of carbonyl (C=O) groups is 2. The third-order valence-corrected chi connectivity index (χ3v) is 5.10. The molecule has 0 radical (unpaired) electrons. The van der Waals surface area contributed by atoms with Crippen LogP contribution in [0.5, 0.6) is 0 Å². The van der Waals surface area contributed by atoms with E-state index in [0.29, 0.717) is 26.2 Å². The number of hydrogen-bond donors (Lipinski definition) is 1. The van der Waals surface area contributed by atoms with Crippen LogP contribution >= 0.6 is 27.3 Å². The van der Waals surface area contributed by atoms with E-state index in [1.165, 1.54) is 11.3 Å². The van der Waals surface area contributed by atoms with Crippen LogP contribution in [0.25, 0.3) is 0 Å². The van der Waals surface area contributed by atoms with E-state index in [2.05, 4.69) is 15.9 Å². The standard InChI is InChI=1S/C15H21BrN2O4S/c1-15(2,3)22-14(21)18-8-6-17(7-9-18)12(13(19)20)10-4-5-11(16)23-10/h4-5,12H,6-9H2,1-3H3,(H,19,20)/t12-/m1/s1. The average molecular weight is 405 g/mol. The summed E-state index contributed by atoms with van der Waals surface area (Å²) in [5.74, 6) is -0.870. The molecule has 0 aliphatic carbocycles. The summed E-state index contributed by atoms with van der Waals surface area (Å²) < 4.78 is 6.26. The van der Waals surface area contributed by atoms with Crippen LogP contribution in [-0.4, -0.2) is 58.7 Å². The van der Waals surface area contributed by atoms with Crippen LogP contribution in [0.2, 0.25) is 0 Å². The minimum absolute atomic E-state index is 0.345. The molecule has 2 rings (SSSR count). The number of carboxylic acid groups (broad SMARTS) is 1. The van der Waals surface area contributed by atoms with Crippen LogP contribution in [-0.2, 0) is 9.53 Å². The van der Waals surface area contributed by atoms with Crippen molar-refractivity contribution in [3.8, 4) is 0 Å². The third kappa shape index (κ3) is 4.92. The fraction of sp³-hybridized carbons (Fsp3) is 0.600. The van der Waals surface area contributed by atoms with E-state index in [-0.39, 0.29) is 6.09 Å². The van der Waals surface area contributed by atoms with Crippen molar-refractivity contribution >= 4 is 39.3 Å². The van der Waals surface area contributed by atoms with E-state index in [9.17, 15) is 14.7 Å². The Balaban J connectivity index is 1.99. The molecule has 0 bridgehead atoms. The number of ether oxygens (including phenoxy) is 1. The van der Waals surface area contributed by atoms with Crippen LogP contribution in [0.3, 0.4) is 0 Å². The topological polar surface area (TPSA) is 70.1 Å². The Morgan fingerprint density at radius 1 is 1.26 bits per heavy atom. The highest BCUT2D eigenvalue weighted by Gasteiger charge is 2.33. The lowest BCUT2D eigenvalue weighted by atomic mass is 10.1. The van der Waals surface area contributed by atoms with Crippen molar-refractivity contribution in [2.45, 2.75) is 32.4 Å². The SMILES string of the molecule is CC(C)(C)OC(=O)N1CCN([C@@H](C(=O)O)c2ccc(Br)s2)CC1. The van der Waals surface area contributed by atoms with Crippen molar-refractivity contribution in [3.63, 3.8) is 0 Å². The number of thiophene rings is 1. The first-order chi connectivity index (χ1) is 10.7. The van der Waals surface area contributed by atoms with Crippen molar-refractivity contribution in [1.82, 2.24) is 9.80 Å². The molecule has 1 N–H and O–H groups in total. The van der Waals surface area contributed by atoms with Crippen LogP contribution < -0.4 is 0 Å². The molecule has 0 saturated carbocycles. The molecule has 8 heteroatoms. The maximum atomic E-state index is 12.1. The fourth-order valence-corrected chi connectivity index (χ4v) is 3.97. The molecule has 2 heterocycles. The molecule has 1 atom stereocenters. The van der Waals surface area contributed by atoms with Crippen molar-refractivity contribution in [2.75, 3.05) is 26.2 Å². The number of aliphatic carboxylic acids is 1. The number of halogens is 1. The highest BCUT2D eigenvalue weighted by molar-refractivity contribution is 9.11. The van der Waals surface area contributed by atoms with Gasteiger partial charge in [0.05, 0.1) is 3.79 Å². The van der Waals surface area contributed by atoms with Gasteiger partial charge in [-0.15, -0.1) is 11.3 Å². The predicted molar refractivity (Wildman–Crippen MR) is 91.8 cm³/mol. The van der Waals surface area contributed by atoms with E-state index < -0.39 is 17.6 Å². The van der Waals surface area contributed by atoms with Crippen LogP contribution in [0.4, 0.5) is 4.79 Å². The summed E-state index contributed by atoms with van der Waals surface area (Å²) >= 11 is 4.79. The molecule has 6 nitrogen and oxygen atoms in total. The van der Waals surface area contributed by atoms with Crippen LogP contribution in [0, 0.1) is 0 Å². The summed E-state index contributed by atoms with van der Waals surface area (Å²) in [6, 6.07) is 3.01. The third-order valence-electron chi connectivity index (χ3n) is 3.43. The van der Waals surface area contributed by atoms with Gasteiger partial charge in [-0.2, -0.15) is 0 Å². The molecular weight excluding hydrogens is 384 g/mol. The molecule has 1 amide bonds. The van der Waals surface area contributed by atoms with Crippen molar-refractivity contribution in [2.24, 2.45) is 0 Å². The first kappa shape index (κ1) is 18.2. The molecule has 1 saturated heterocycles. The summed E-state index contributed by atoms with van der Waals surface area (Å²) in [6.07, 6.45) is -0.345. The quantitative estimate of drug-likeness (QED) is 0.837. The van der Waals surface area contributed by atoms with Crippen molar-refractivity contribution < 1.29 is 19.4 Å². The lowest BCUT2D eigenvalue weighted by Gasteiger charge is -2.37. The van der Waals surface area contributed by atoms with E-state index in [4.69, 9.17) is 4.74 Å². The zero-order chi connectivity index (χ0) is 17.2. The van der Waals surface area contributed by atoms with Gasteiger partial charge < -0.3 is 14.7 Å². The van der Waals surface area contributed by atoms with E-state index in [1.54, 1.807) is 4.90 Å². The second-order valence-electron chi connectivity index (χ2n) is 6.39. The lowest BCUT2D eigenvalue weighted by molar-refractivity contribution is -0.144. The molecular formula is C15H21BrN2O4S. The minimum Gasteiger partial charge on any atom is -0.480 e. The Labute approximate surface area is 148 Å². The Bertz CT molecular complexity index is 576. The second-order valence-corrected chi connectivity index (χ2v) is 8.88. The zero-order valence-electron chi connectivity index (χ0n) is 13.4. The monoisotopic (exact) mass is 404 g/mol. The van der Waals surface area contributed by atoms with Crippen LogP contribution in [0.1, 0.15) is 31.7 Å². The van der Waals surface area contributed by atoms with Crippen LogP contribution in [0.15, 0.2) is 15.9 Å². The van der Waals surface area contributed by atoms with Crippen molar-refractivity contribution in [1.29, 1.82) is 0 Å². The smallest absolute Gasteiger partial charge is 0.410 e. The summed E-state index contributed by atoms with van der Waals surface area (Å²) in [5, 5.41) is 9.56. The van der Waals surface area contributed by atoms with E-state index >= 15 is 0 Å². The molecule has 1 aromatic heterocycles.